The number of ether oxygens (including phenoxy) is 1. The first kappa shape index (κ1) is 25.0. The smallest absolute Gasteiger partial charge is 0.248 e. The number of hydrogen-bond donors (Lipinski definition) is 2. The fourth-order valence-corrected chi connectivity index (χ4v) is 5.85. The molecule has 0 radical (unpaired) electrons. The molecule has 3 atom stereocenters. The molecule has 2 fully saturated rings. The highest BCUT2D eigenvalue weighted by Crippen LogP contribution is 2.38. The summed E-state index contributed by atoms with van der Waals surface area (Å²) in [4.78, 5) is 23.0. The topological polar surface area (TPSA) is 117 Å². The monoisotopic (exact) mass is 516 g/mol. The van der Waals surface area contributed by atoms with Gasteiger partial charge in [0.1, 0.15) is 5.75 Å². The van der Waals surface area contributed by atoms with Gasteiger partial charge in [0, 0.05) is 47.5 Å². The van der Waals surface area contributed by atoms with Gasteiger partial charge in [-0.25, -0.2) is 4.98 Å². The molecule has 2 aromatic carbocycles. The van der Waals surface area contributed by atoms with Crippen molar-refractivity contribution in [1.82, 2.24) is 14.9 Å². The molecule has 8 nitrogen and oxygen atoms in total. The maximum atomic E-state index is 11.4. The lowest BCUT2D eigenvalue weighted by atomic mass is 9.96. The Labute approximate surface area is 221 Å². The quantitative estimate of drug-likeness (QED) is 0.447. The molecular formula is C28H29ClN6O2. The number of nitrogens with zero attached hydrogens (tertiary/aromatic N) is 4. The van der Waals surface area contributed by atoms with Crippen molar-refractivity contribution in [2.75, 3.05) is 5.32 Å². The maximum absolute atomic E-state index is 11.4. The minimum absolute atomic E-state index is 0.259. The van der Waals surface area contributed by atoms with Crippen molar-refractivity contribution in [3.05, 3.63) is 75.4 Å². The third-order valence-electron chi connectivity index (χ3n) is 7.33. The van der Waals surface area contributed by atoms with Crippen LogP contribution in [0.15, 0.2) is 42.6 Å². The summed E-state index contributed by atoms with van der Waals surface area (Å²) in [6.07, 6.45) is 5.94. The van der Waals surface area contributed by atoms with Gasteiger partial charge in [0.2, 0.25) is 17.7 Å². The van der Waals surface area contributed by atoms with Crippen molar-refractivity contribution in [1.29, 1.82) is 5.26 Å². The van der Waals surface area contributed by atoms with Crippen LogP contribution >= 0.6 is 11.6 Å². The van der Waals surface area contributed by atoms with Crippen LogP contribution in [0.25, 0.3) is 0 Å². The van der Waals surface area contributed by atoms with Crippen molar-refractivity contribution in [3.8, 4) is 17.7 Å². The second-order valence-corrected chi connectivity index (χ2v) is 10.3. The first-order chi connectivity index (χ1) is 17.8. The van der Waals surface area contributed by atoms with Crippen LogP contribution in [0.4, 0.5) is 5.95 Å². The van der Waals surface area contributed by atoms with E-state index in [0.29, 0.717) is 45.8 Å². The van der Waals surface area contributed by atoms with Crippen molar-refractivity contribution < 1.29 is 9.53 Å². The molecule has 1 amide bonds. The van der Waals surface area contributed by atoms with Crippen LogP contribution in [0.1, 0.15) is 58.3 Å². The molecule has 3 heterocycles. The zero-order valence-electron chi connectivity index (χ0n) is 20.9. The predicted molar refractivity (Wildman–Crippen MR) is 142 cm³/mol. The molecule has 1 aromatic heterocycles. The fourth-order valence-electron chi connectivity index (χ4n) is 5.61. The lowest BCUT2D eigenvalue weighted by molar-refractivity contribution is 0.1000. The van der Waals surface area contributed by atoms with Crippen LogP contribution in [0.2, 0.25) is 5.02 Å². The van der Waals surface area contributed by atoms with Crippen LogP contribution in [-0.4, -0.2) is 38.9 Å². The molecule has 2 unspecified atom stereocenters. The number of nitriles is 1. The average Bonchev–Trinajstić information content (AvgIpc) is 3.09. The van der Waals surface area contributed by atoms with Gasteiger partial charge in [-0.2, -0.15) is 10.2 Å². The summed E-state index contributed by atoms with van der Waals surface area (Å²) in [5.41, 5.74) is 9.20. The zero-order valence-corrected chi connectivity index (χ0v) is 21.6. The summed E-state index contributed by atoms with van der Waals surface area (Å²) >= 11 is 6.46. The Kier molecular flexibility index (Phi) is 7.00. The molecule has 5 rings (SSSR count). The van der Waals surface area contributed by atoms with E-state index in [2.05, 4.69) is 26.3 Å². The summed E-state index contributed by atoms with van der Waals surface area (Å²) in [5, 5.41) is 13.3. The van der Waals surface area contributed by atoms with Crippen molar-refractivity contribution in [3.63, 3.8) is 0 Å². The fraction of sp³-hybridized carbons (Fsp3) is 0.357. The second kappa shape index (κ2) is 10.4. The Hall–Kier alpha value is -3.67. The van der Waals surface area contributed by atoms with Gasteiger partial charge in [-0.3, -0.25) is 9.69 Å². The normalized spacial score (nSPS) is 20.9. The molecule has 2 aliphatic heterocycles. The summed E-state index contributed by atoms with van der Waals surface area (Å²) in [5.74, 6) is 1.24. The summed E-state index contributed by atoms with van der Waals surface area (Å²) in [6.45, 7) is 4.60. The highest BCUT2D eigenvalue weighted by atomic mass is 35.5. The number of benzene rings is 2. The van der Waals surface area contributed by atoms with Crippen molar-refractivity contribution in [2.45, 2.75) is 64.2 Å². The van der Waals surface area contributed by atoms with E-state index >= 15 is 0 Å². The average molecular weight is 517 g/mol. The summed E-state index contributed by atoms with van der Waals surface area (Å²) < 4.78 is 6.09. The van der Waals surface area contributed by atoms with Crippen LogP contribution in [-0.2, 0) is 6.54 Å². The number of amides is 1. The number of hydrogen-bond acceptors (Lipinski definition) is 7. The van der Waals surface area contributed by atoms with Crippen LogP contribution in [0, 0.1) is 25.2 Å². The van der Waals surface area contributed by atoms with Crippen molar-refractivity contribution in [2.24, 2.45) is 5.73 Å². The van der Waals surface area contributed by atoms with Crippen LogP contribution in [0.3, 0.4) is 0 Å². The van der Waals surface area contributed by atoms with Gasteiger partial charge in [0.25, 0.3) is 0 Å². The van der Waals surface area contributed by atoms with Crippen LogP contribution in [0.5, 0.6) is 11.6 Å². The number of anilines is 1. The largest absolute Gasteiger partial charge is 0.438 e. The lowest BCUT2D eigenvalue weighted by Gasteiger charge is -2.39. The standard InChI is InChI=1S/C28H29ClN6O2/c1-16-9-18(14-30)10-17(2)26(16)37-25-7-8-32-28(34-25)33-21-12-22-5-6-23(13-21)35(22)15-20-4-3-19(27(31)36)11-24(20)29/h3-4,7-11,21-23H,5-6,12-13,15H2,1-2H3,(H2,31,36)(H,32,33,34)/t21?,22-,23?/m0/s1. The van der Waals surface area contributed by atoms with E-state index in [9.17, 15) is 10.1 Å². The number of halogens is 1. The molecule has 37 heavy (non-hydrogen) atoms. The SMILES string of the molecule is Cc1cc(C#N)cc(C)c1Oc1ccnc(NC2CC3CC[C@@H](C2)N3Cc2ccc(C(N)=O)cc2Cl)n1. The third-order valence-corrected chi connectivity index (χ3v) is 7.69. The first-order valence-electron chi connectivity index (χ1n) is 12.4. The van der Waals surface area contributed by atoms with Crippen molar-refractivity contribution >= 4 is 23.5 Å². The minimum Gasteiger partial charge on any atom is -0.438 e. The van der Waals surface area contributed by atoms with Gasteiger partial charge in [-0.05, 0) is 80.5 Å². The predicted octanol–water partition coefficient (Wildman–Crippen LogP) is 5.12. The molecule has 2 aliphatic rings. The van der Waals surface area contributed by atoms with Gasteiger partial charge in [0.05, 0.1) is 11.6 Å². The molecule has 0 saturated carbocycles. The number of primary amides is 1. The van der Waals surface area contributed by atoms with Gasteiger partial charge < -0.3 is 15.8 Å². The number of carbonyl (C=O) groups is 1. The molecule has 0 spiro atoms. The minimum atomic E-state index is -0.473. The Morgan fingerprint density at radius 1 is 1.19 bits per heavy atom. The highest BCUT2D eigenvalue weighted by Gasteiger charge is 2.41. The Morgan fingerprint density at radius 3 is 2.51 bits per heavy atom. The number of nitrogens with two attached hydrogens (primary N) is 1. The van der Waals surface area contributed by atoms with Gasteiger partial charge in [-0.15, -0.1) is 0 Å². The van der Waals surface area contributed by atoms with E-state index in [1.807, 2.05) is 32.0 Å². The number of fused-ring (bicyclic) bond motifs is 2. The Morgan fingerprint density at radius 2 is 1.89 bits per heavy atom. The molecule has 3 aromatic rings. The molecular weight excluding hydrogens is 488 g/mol. The molecule has 3 N–H and O–H groups in total. The molecule has 190 valence electrons. The highest BCUT2D eigenvalue weighted by molar-refractivity contribution is 6.31. The van der Waals surface area contributed by atoms with E-state index in [4.69, 9.17) is 22.1 Å². The molecule has 2 bridgehead atoms. The van der Waals surface area contributed by atoms with E-state index in [1.54, 1.807) is 24.4 Å². The number of rotatable bonds is 7. The third kappa shape index (κ3) is 5.38. The molecule has 9 heteroatoms. The lowest BCUT2D eigenvalue weighted by Crippen LogP contribution is -2.46. The van der Waals surface area contributed by atoms with E-state index in [1.165, 1.54) is 0 Å². The summed E-state index contributed by atoms with van der Waals surface area (Å²) in [6, 6.07) is 14.0. The number of nitrogens with one attached hydrogen (secondary N) is 1. The van der Waals surface area contributed by atoms with E-state index in [0.717, 1.165) is 48.9 Å². The Bertz CT molecular complexity index is 1350. The number of carbonyl (C=O) groups excluding carboxylic acids is 1. The molecule has 0 aliphatic carbocycles. The van der Waals surface area contributed by atoms with Gasteiger partial charge in [0.15, 0.2) is 0 Å². The number of aromatic nitrogens is 2. The number of piperidine rings is 1. The van der Waals surface area contributed by atoms with Gasteiger partial charge >= 0.3 is 0 Å². The Balaban J connectivity index is 1.24. The maximum Gasteiger partial charge on any atom is 0.248 e. The van der Waals surface area contributed by atoms with E-state index < -0.39 is 5.91 Å². The van der Waals surface area contributed by atoms with Crippen LogP contribution < -0.4 is 15.8 Å². The summed E-state index contributed by atoms with van der Waals surface area (Å²) in [7, 11) is 0. The number of aryl methyl sites for hydroxylation is 2. The second-order valence-electron chi connectivity index (χ2n) is 9.91. The molecule has 2 saturated heterocycles. The van der Waals surface area contributed by atoms with E-state index in [-0.39, 0.29) is 6.04 Å². The zero-order chi connectivity index (χ0) is 26.1. The first-order valence-corrected chi connectivity index (χ1v) is 12.8. The van der Waals surface area contributed by atoms with Gasteiger partial charge in [-0.1, -0.05) is 17.7 Å².